The zero-order chi connectivity index (χ0) is 14.3. The van der Waals surface area contributed by atoms with Crippen molar-refractivity contribution in [2.75, 3.05) is 6.54 Å². The molecule has 1 aromatic rings. The van der Waals surface area contributed by atoms with Gasteiger partial charge in [0.25, 0.3) is 0 Å². The Bertz CT molecular complexity index is 362. The molecule has 2 unspecified atom stereocenters. The van der Waals surface area contributed by atoms with Gasteiger partial charge in [0.15, 0.2) is 0 Å². The van der Waals surface area contributed by atoms with E-state index in [4.69, 9.17) is 4.74 Å². The fraction of sp³-hybridized carbons (Fsp3) is 0.647. The van der Waals surface area contributed by atoms with Gasteiger partial charge in [0.05, 0.1) is 0 Å². The summed E-state index contributed by atoms with van der Waals surface area (Å²) >= 11 is 0. The van der Waals surface area contributed by atoms with Crippen molar-refractivity contribution >= 4 is 0 Å². The molecule has 0 aliphatic heterocycles. The Hall–Kier alpha value is -1.02. The molecule has 0 saturated carbocycles. The maximum absolute atomic E-state index is 6.07. The lowest BCUT2D eigenvalue weighted by atomic mass is 10.0. The minimum absolute atomic E-state index is 0.194. The molecule has 2 nitrogen and oxygen atoms in total. The van der Waals surface area contributed by atoms with Gasteiger partial charge in [-0.2, -0.15) is 0 Å². The maximum Gasteiger partial charge on any atom is 0.123 e. The lowest BCUT2D eigenvalue weighted by Crippen LogP contribution is -2.35. The second kappa shape index (κ2) is 8.21. The highest BCUT2D eigenvalue weighted by Crippen LogP contribution is 2.26. The van der Waals surface area contributed by atoms with Gasteiger partial charge >= 0.3 is 0 Å². The Morgan fingerprint density at radius 2 is 1.79 bits per heavy atom. The number of ether oxygens (including phenoxy) is 1. The van der Waals surface area contributed by atoms with Gasteiger partial charge in [0.1, 0.15) is 11.9 Å². The Balaban J connectivity index is 2.50. The molecule has 0 aliphatic rings. The second-order valence-electron chi connectivity index (χ2n) is 5.72. The molecule has 2 atom stereocenters. The summed E-state index contributed by atoms with van der Waals surface area (Å²) in [5.74, 6) is 1.52. The molecule has 19 heavy (non-hydrogen) atoms. The number of nitrogens with one attached hydrogen (secondary N) is 1. The zero-order valence-electron chi connectivity index (χ0n) is 13.1. The molecule has 0 saturated heterocycles. The fourth-order valence-electron chi connectivity index (χ4n) is 2.23. The summed E-state index contributed by atoms with van der Waals surface area (Å²) in [6.45, 7) is 11.9. The third-order valence-electron chi connectivity index (χ3n) is 3.34. The highest BCUT2D eigenvalue weighted by molar-refractivity contribution is 5.35. The molecule has 0 bridgehead atoms. The number of hydrogen-bond donors (Lipinski definition) is 1. The molecule has 0 aliphatic carbocycles. The van der Waals surface area contributed by atoms with Crippen molar-refractivity contribution in [3.63, 3.8) is 0 Å². The van der Waals surface area contributed by atoms with Crippen molar-refractivity contribution in [1.29, 1.82) is 0 Å². The van der Waals surface area contributed by atoms with Crippen molar-refractivity contribution in [1.82, 2.24) is 5.32 Å². The monoisotopic (exact) mass is 263 g/mol. The van der Waals surface area contributed by atoms with Crippen molar-refractivity contribution in [2.45, 2.75) is 65.5 Å². The van der Waals surface area contributed by atoms with Crippen LogP contribution in [0, 0.1) is 0 Å². The molecule has 0 fully saturated rings. The topological polar surface area (TPSA) is 21.3 Å². The van der Waals surface area contributed by atoms with E-state index in [0.717, 1.165) is 12.3 Å². The first-order valence-electron chi connectivity index (χ1n) is 7.53. The van der Waals surface area contributed by atoms with Gasteiger partial charge in [-0.05, 0) is 37.8 Å². The maximum atomic E-state index is 6.07. The van der Waals surface area contributed by atoms with Crippen LogP contribution in [0.2, 0.25) is 0 Å². The summed E-state index contributed by atoms with van der Waals surface area (Å²) in [7, 11) is 0. The Labute approximate surface area is 118 Å². The number of hydrogen-bond acceptors (Lipinski definition) is 2. The van der Waals surface area contributed by atoms with Gasteiger partial charge in [0, 0.05) is 12.6 Å². The molecule has 0 heterocycles. The van der Waals surface area contributed by atoms with Crippen LogP contribution in [0.1, 0.15) is 58.9 Å². The second-order valence-corrected chi connectivity index (χ2v) is 5.72. The molecule has 2 heteroatoms. The molecular weight excluding hydrogens is 234 g/mol. The Kier molecular flexibility index (Phi) is 6.93. The van der Waals surface area contributed by atoms with Crippen molar-refractivity contribution in [3.05, 3.63) is 29.8 Å². The fourth-order valence-corrected chi connectivity index (χ4v) is 2.23. The van der Waals surface area contributed by atoms with E-state index >= 15 is 0 Å². The smallest absolute Gasteiger partial charge is 0.123 e. The third-order valence-corrected chi connectivity index (χ3v) is 3.34. The van der Waals surface area contributed by atoms with Crippen LogP contribution in [0.3, 0.4) is 0 Å². The Morgan fingerprint density at radius 1 is 1.11 bits per heavy atom. The van der Waals surface area contributed by atoms with Gasteiger partial charge in [-0.25, -0.2) is 0 Å². The highest BCUT2D eigenvalue weighted by atomic mass is 16.5. The Morgan fingerprint density at radius 3 is 2.42 bits per heavy atom. The lowest BCUT2D eigenvalue weighted by molar-refractivity contribution is 0.209. The van der Waals surface area contributed by atoms with E-state index in [9.17, 15) is 0 Å². The minimum Gasteiger partial charge on any atom is -0.489 e. The van der Waals surface area contributed by atoms with Crippen LogP contribution in [0.4, 0.5) is 0 Å². The van der Waals surface area contributed by atoms with Crippen molar-refractivity contribution in [2.24, 2.45) is 0 Å². The summed E-state index contributed by atoms with van der Waals surface area (Å²) in [4.78, 5) is 0. The molecule has 108 valence electrons. The number of rotatable bonds is 8. The van der Waals surface area contributed by atoms with Crippen LogP contribution in [0.25, 0.3) is 0 Å². The quantitative estimate of drug-likeness (QED) is 0.752. The van der Waals surface area contributed by atoms with E-state index < -0.39 is 0 Å². The molecular formula is C17H29NO. The number of para-hydroxylation sites is 1. The van der Waals surface area contributed by atoms with E-state index in [1.807, 2.05) is 6.07 Å². The molecule has 0 amide bonds. The van der Waals surface area contributed by atoms with Gasteiger partial charge in [-0.1, -0.05) is 45.4 Å². The molecule has 0 spiro atoms. The van der Waals surface area contributed by atoms with Gasteiger partial charge in [-0.3, -0.25) is 0 Å². The average molecular weight is 263 g/mol. The summed E-state index contributed by atoms with van der Waals surface area (Å²) < 4.78 is 6.07. The molecule has 1 rings (SSSR count). The molecule has 1 N–H and O–H groups in total. The highest BCUT2D eigenvalue weighted by Gasteiger charge is 2.11. The summed E-state index contributed by atoms with van der Waals surface area (Å²) in [6, 6.07) is 8.91. The minimum atomic E-state index is 0.194. The summed E-state index contributed by atoms with van der Waals surface area (Å²) in [5.41, 5.74) is 1.29. The molecule has 0 radical (unpaired) electrons. The van der Waals surface area contributed by atoms with Gasteiger partial charge < -0.3 is 10.1 Å². The van der Waals surface area contributed by atoms with Crippen molar-refractivity contribution in [3.8, 4) is 5.75 Å². The first-order valence-corrected chi connectivity index (χ1v) is 7.53. The zero-order valence-corrected chi connectivity index (χ0v) is 13.1. The van der Waals surface area contributed by atoms with Crippen LogP contribution >= 0.6 is 0 Å². The summed E-state index contributed by atoms with van der Waals surface area (Å²) in [6.07, 6.45) is 2.63. The van der Waals surface area contributed by atoms with Crippen LogP contribution < -0.4 is 10.1 Å². The van der Waals surface area contributed by atoms with Crippen molar-refractivity contribution < 1.29 is 4.74 Å². The first kappa shape index (κ1) is 16.0. The normalized spacial score (nSPS) is 14.4. The van der Waals surface area contributed by atoms with E-state index in [0.29, 0.717) is 12.0 Å². The molecule has 0 aromatic heterocycles. The third kappa shape index (κ3) is 5.65. The summed E-state index contributed by atoms with van der Waals surface area (Å²) in [5, 5.41) is 3.53. The van der Waals surface area contributed by atoms with Gasteiger partial charge in [-0.15, -0.1) is 0 Å². The average Bonchev–Trinajstić information content (AvgIpc) is 2.37. The van der Waals surface area contributed by atoms with Crippen LogP contribution in [-0.4, -0.2) is 18.7 Å². The van der Waals surface area contributed by atoms with Crippen LogP contribution in [-0.2, 0) is 0 Å². The first-order chi connectivity index (χ1) is 9.04. The van der Waals surface area contributed by atoms with E-state index in [1.54, 1.807) is 0 Å². The molecule has 1 aromatic carbocycles. The predicted octanol–water partition coefficient (Wildman–Crippen LogP) is 4.36. The van der Waals surface area contributed by atoms with Crippen LogP contribution in [0.5, 0.6) is 5.75 Å². The van der Waals surface area contributed by atoms with E-state index in [-0.39, 0.29) is 6.10 Å². The lowest BCUT2D eigenvalue weighted by Gasteiger charge is -2.21. The predicted molar refractivity (Wildman–Crippen MR) is 83.0 cm³/mol. The van der Waals surface area contributed by atoms with Crippen LogP contribution in [0.15, 0.2) is 24.3 Å². The standard InChI is InChI=1S/C17H29NO/c1-6-9-14(4)18-12-15(5)19-17-11-8-7-10-16(17)13(2)3/h7-8,10-11,13-15,18H,6,9,12H2,1-5H3. The number of benzene rings is 1. The SMILES string of the molecule is CCCC(C)NCC(C)Oc1ccccc1C(C)C. The van der Waals surface area contributed by atoms with E-state index in [2.05, 4.69) is 58.1 Å². The largest absolute Gasteiger partial charge is 0.489 e. The van der Waals surface area contributed by atoms with Gasteiger partial charge in [0.2, 0.25) is 0 Å². The van der Waals surface area contributed by atoms with E-state index in [1.165, 1.54) is 18.4 Å².